The van der Waals surface area contributed by atoms with Crippen LogP contribution in [0.5, 0.6) is 0 Å². The van der Waals surface area contributed by atoms with Crippen LogP contribution in [-0.2, 0) is 0 Å². The van der Waals surface area contributed by atoms with Gasteiger partial charge in [0.15, 0.2) is 0 Å². The highest BCUT2D eigenvalue weighted by molar-refractivity contribution is 7.99. The topological polar surface area (TPSA) is 12.0 Å². The fraction of sp³-hybridized carbons (Fsp3) is 0.571. The SMILES string of the molecule is Cc1ccccc1[C@H](C)NC1CCSCC1. The van der Waals surface area contributed by atoms with Crippen molar-refractivity contribution < 1.29 is 0 Å². The van der Waals surface area contributed by atoms with E-state index in [1.54, 1.807) is 0 Å². The third-order valence-electron chi connectivity index (χ3n) is 3.36. The van der Waals surface area contributed by atoms with Crippen LogP contribution in [0.15, 0.2) is 24.3 Å². The van der Waals surface area contributed by atoms with Crippen LogP contribution in [0.1, 0.15) is 36.9 Å². The molecule has 16 heavy (non-hydrogen) atoms. The van der Waals surface area contributed by atoms with Crippen LogP contribution in [0.2, 0.25) is 0 Å². The van der Waals surface area contributed by atoms with E-state index in [0.29, 0.717) is 6.04 Å². The van der Waals surface area contributed by atoms with Gasteiger partial charge in [-0.1, -0.05) is 24.3 Å². The zero-order chi connectivity index (χ0) is 11.4. The standard InChI is InChI=1S/C14H21NS/c1-11-5-3-4-6-14(11)12(2)15-13-7-9-16-10-8-13/h3-6,12-13,15H,7-10H2,1-2H3/t12-/m0/s1. The van der Waals surface area contributed by atoms with Crippen molar-refractivity contribution in [2.45, 2.75) is 38.8 Å². The summed E-state index contributed by atoms with van der Waals surface area (Å²) in [5.41, 5.74) is 2.84. The van der Waals surface area contributed by atoms with Gasteiger partial charge in [0.25, 0.3) is 0 Å². The van der Waals surface area contributed by atoms with Crippen molar-refractivity contribution in [1.29, 1.82) is 0 Å². The van der Waals surface area contributed by atoms with Gasteiger partial charge in [-0.15, -0.1) is 0 Å². The third-order valence-corrected chi connectivity index (χ3v) is 4.41. The molecule has 88 valence electrons. The number of rotatable bonds is 3. The highest BCUT2D eigenvalue weighted by Crippen LogP contribution is 2.22. The van der Waals surface area contributed by atoms with E-state index in [1.165, 1.54) is 35.5 Å². The van der Waals surface area contributed by atoms with Crippen LogP contribution in [-0.4, -0.2) is 17.5 Å². The number of benzene rings is 1. The molecule has 0 amide bonds. The molecule has 1 aliphatic rings. The zero-order valence-electron chi connectivity index (χ0n) is 10.2. The second-order valence-corrected chi connectivity index (χ2v) is 5.86. The fourth-order valence-corrected chi connectivity index (χ4v) is 3.49. The normalized spacial score (nSPS) is 19.6. The van der Waals surface area contributed by atoms with E-state index in [-0.39, 0.29) is 0 Å². The third kappa shape index (κ3) is 3.02. The molecule has 0 bridgehead atoms. The maximum Gasteiger partial charge on any atom is 0.0296 e. The lowest BCUT2D eigenvalue weighted by Crippen LogP contribution is -2.34. The van der Waals surface area contributed by atoms with Crippen molar-refractivity contribution in [2.75, 3.05) is 11.5 Å². The molecule has 2 rings (SSSR count). The van der Waals surface area contributed by atoms with Gasteiger partial charge in [-0.3, -0.25) is 0 Å². The quantitative estimate of drug-likeness (QED) is 0.860. The molecule has 0 radical (unpaired) electrons. The van der Waals surface area contributed by atoms with Crippen molar-refractivity contribution in [3.05, 3.63) is 35.4 Å². The van der Waals surface area contributed by atoms with E-state index in [4.69, 9.17) is 0 Å². The number of thioether (sulfide) groups is 1. The predicted molar refractivity (Wildman–Crippen MR) is 73.1 cm³/mol. The molecule has 0 unspecified atom stereocenters. The minimum absolute atomic E-state index is 0.481. The Morgan fingerprint density at radius 3 is 2.62 bits per heavy atom. The van der Waals surface area contributed by atoms with Crippen molar-refractivity contribution in [3.63, 3.8) is 0 Å². The summed E-state index contributed by atoms with van der Waals surface area (Å²) < 4.78 is 0. The Bertz CT molecular complexity index is 331. The average molecular weight is 235 g/mol. The molecule has 1 aromatic rings. The first kappa shape index (κ1) is 12.0. The molecule has 1 aromatic carbocycles. The molecule has 1 N–H and O–H groups in total. The Labute approximate surface area is 103 Å². The highest BCUT2D eigenvalue weighted by Gasteiger charge is 2.16. The summed E-state index contributed by atoms with van der Waals surface area (Å²) in [7, 11) is 0. The molecule has 1 fully saturated rings. The molecular weight excluding hydrogens is 214 g/mol. The number of hydrogen-bond donors (Lipinski definition) is 1. The molecular formula is C14H21NS. The lowest BCUT2D eigenvalue weighted by Gasteiger charge is -2.27. The zero-order valence-corrected chi connectivity index (χ0v) is 11.0. The van der Waals surface area contributed by atoms with E-state index in [2.05, 4.69) is 55.2 Å². The Balaban J connectivity index is 1.96. The van der Waals surface area contributed by atoms with Gasteiger partial charge in [-0.2, -0.15) is 11.8 Å². The lowest BCUT2D eigenvalue weighted by atomic mass is 10.0. The van der Waals surface area contributed by atoms with Crippen molar-refractivity contribution in [1.82, 2.24) is 5.32 Å². The van der Waals surface area contributed by atoms with Gasteiger partial charge in [-0.05, 0) is 49.3 Å². The summed E-state index contributed by atoms with van der Waals surface area (Å²) >= 11 is 2.08. The van der Waals surface area contributed by atoms with Crippen LogP contribution >= 0.6 is 11.8 Å². The Hall–Kier alpha value is -0.470. The van der Waals surface area contributed by atoms with Crippen LogP contribution in [0.4, 0.5) is 0 Å². The molecule has 0 saturated carbocycles. The van der Waals surface area contributed by atoms with Gasteiger partial charge in [-0.25, -0.2) is 0 Å². The maximum atomic E-state index is 3.76. The number of nitrogens with one attached hydrogen (secondary N) is 1. The highest BCUT2D eigenvalue weighted by atomic mass is 32.2. The van der Waals surface area contributed by atoms with E-state index >= 15 is 0 Å². The van der Waals surface area contributed by atoms with E-state index in [0.717, 1.165) is 6.04 Å². The Kier molecular flexibility index (Phi) is 4.30. The number of hydrogen-bond acceptors (Lipinski definition) is 2. The first-order chi connectivity index (χ1) is 7.77. The summed E-state index contributed by atoms with van der Waals surface area (Å²) in [5, 5.41) is 3.76. The van der Waals surface area contributed by atoms with Gasteiger partial charge in [0.1, 0.15) is 0 Å². The monoisotopic (exact) mass is 235 g/mol. The second-order valence-electron chi connectivity index (χ2n) is 4.63. The lowest BCUT2D eigenvalue weighted by molar-refractivity contribution is 0.430. The Morgan fingerprint density at radius 2 is 1.94 bits per heavy atom. The van der Waals surface area contributed by atoms with Crippen LogP contribution in [0, 0.1) is 6.92 Å². The summed E-state index contributed by atoms with van der Waals surface area (Å²) in [6.07, 6.45) is 2.64. The molecule has 0 aliphatic carbocycles. The second kappa shape index (κ2) is 5.74. The molecule has 1 atom stereocenters. The average Bonchev–Trinajstić information content (AvgIpc) is 2.31. The minimum Gasteiger partial charge on any atom is -0.307 e. The van der Waals surface area contributed by atoms with Crippen LogP contribution in [0.25, 0.3) is 0 Å². The molecule has 0 spiro atoms. The molecule has 0 aromatic heterocycles. The minimum atomic E-state index is 0.481. The smallest absolute Gasteiger partial charge is 0.0296 e. The number of aryl methyl sites for hydroxylation is 1. The van der Waals surface area contributed by atoms with E-state index < -0.39 is 0 Å². The van der Waals surface area contributed by atoms with Gasteiger partial charge in [0, 0.05) is 12.1 Å². The predicted octanol–water partition coefficient (Wildman–Crippen LogP) is 3.54. The molecule has 1 aliphatic heterocycles. The van der Waals surface area contributed by atoms with Gasteiger partial charge in [0.05, 0.1) is 0 Å². The van der Waals surface area contributed by atoms with Gasteiger partial charge >= 0.3 is 0 Å². The van der Waals surface area contributed by atoms with Crippen LogP contribution in [0.3, 0.4) is 0 Å². The Morgan fingerprint density at radius 1 is 1.25 bits per heavy atom. The maximum absolute atomic E-state index is 3.76. The van der Waals surface area contributed by atoms with E-state index in [1.807, 2.05) is 0 Å². The first-order valence-electron chi connectivity index (χ1n) is 6.16. The van der Waals surface area contributed by atoms with Crippen LogP contribution < -0.4 is 5.32 Å². The fourth-order valence-electron chi connectivity index (χ4n) is 2.38. The molecule has 1 nitrogen and oxygen atoms in total. The largest absolute Gasteiger partial charge is 0.307 e. The van der Waals surface area contributed by atoms with Gasteiger partial charge < -0.3 is 5.32 Å². The van der Waals surface area contributed by atoms with Crippen molar-refractivity contribution in [2.24, 2.45) is 0 Å². The summed E-state index contributed by atoms with van der Waals surface area (Å²) in [6, 6.07) is 9.89. The molecule has 2 heteroatoms. The summed E-state index contributed by atoms with van der Waals surface area (Å²) in [6.45, 7) is 4.48. The first-order valence-corrected chi connectivity index (χ1v) is 7.32. The summed E-state index contributed by atoms with van der Waals surface area (Å²) in [4.78, 5) is 0. The van der Waals surface area contributed by atoms with E-state index in [9.17, 15) is 0 Å². The van der Waals surface area contributed by atoms with Gasteiger partial charge in [0.2, 0.25) is 0 Å². The molecule has 1 heterocycles. The summed E-state index contributed by atoms with van der Waals surface area (Å²) in [5.74, 6) is 2.64. The molecule has 1 saturated heterocycles. The van der Waals surface area contributed by atoms with Crippen molar-refractivity contribution >= 4 is 11.8 Å². The van der Waals surface area contributed by atoms with Crippen molar-refractivity contribution in [3.8, 4) is 0 Å².